The van der Waals surface area contributed by atoms with Crippen LogP contribution < -0.4 is 5.56 Å². The maximum atomic E-state index is 13.3. The molecule has 186 valence electrons. The van der Waals surface area contributed by atoms with Gasteiger partial charge in [0.15, 0.2) is 12.2 Å². The summed E-state index contributed by atoms with van der Waals surface area (Å²) in [5.74, 6) is -3.54. The third kappa shape index (κ3) is 6.32. The molecule has 0 spiro atoms. The number of carbonyl (C=O) groups is 2. The Bertz CT molecular complexity index is 1480. The van der Waals surface area contributed by atoms with Crippen molar-refractivity contribution in [1.82, 2.24) is 9.55 Å². The van der Waals surface area contributed by atoms with Crippen LogP contribution in [0.4, 0.5) is 0 Å². The summed E-state index contributed by atoms with van der Waals surface area (Å²) in [6.07, 6.45) is -1.02. The van der Waals surface area contributed by atoms with Gasteiger partial charge in [0.05, 0.1) is 17.3 Å². The number of carboxylic acids is 2. The van der Waals surface area contributed by atoms with Gasteiger partial charge >= 0.3 is 11.9 Å². The van der Waals surface area contributed by atoms with Gasteiger partial charge in [0, 0.05) is 34.8 Å². The van der Waals surface area contributed by atoms with Gasteiger partial charge in [0.25, 0.3) is 5.56 Å². The molecule has 0 fully saturated rings. The van der Waals surface area contributed by atoms with Crippen molar-refractivity contribution in [2.75, 3.05) is 0 Å². The van der Waals surface area contributed by atoms with Crippen molar-refractivity contribution in [3.63, 3.8) is 0 Å². The molecule has 10 heteroatoms. The summed E-state index contributed by atoms with van der Waals surface area (Å²) in [7, 11) is 0. The van der Waals surface area contributed by atoms with E-state index in [2.05, 4.69) is 11.1 Å². The molecular weight excluding hydrogens is 478 g/mol. The third-order valence-corrected chi connectivity index (χ3v) is 5.16. The first-order valence-corrected chi connectivity index (χ1v) is 10.8. The molecule has 0 bridgehead atoms. The van der Waals surface area contributed by atoms with E-state index in [4.69, 9.17) is 20.4 Å². The molecule has 4 rings (SSSR count). The predicted octanol–water partition coefficient (Wildman–Crippen LogP) is 2.32. The summed E-state index contributed by atoms with van der Waals surface area (Å²) < 4.78 is 1.60. The van der Waals surface area contributed by atoms with Gasteiger partial charge in [-0.15, -0.1) is 0 Å². The van der Waals surface area contributed by atoms with Crippen LogP contribution in [0.25, 0.3) is 28.1 Å². The number of aromatic nitrogens is 2. The number of para-hydroxylation sites is 1. The maximum absolute atomic E-state index is 13.3. The van der Waals surface area contributed by atoms with Crippen molar-refractivity contribution in [2.45, 2.75) is 12.2 Å². The second-order valence-electron chi connectivity index (χ2n) is 7.59. The average Bonchev–Trinajstić information content (AvgIpc) is 2.93. The molecule has 2 aromatic heterocycles. The van der Waals surface area contributed by atoms with Gasteiger partial charge in [0.1, 0.15) is 0 Å². The van der Waals surface area contributed by atoms with Crippen molar-refractivity contribution in [2.24, 2.45) is 0 Å². The Morgan fingerprint density at radius 3 is 2.00 bits per heavy atom. The Morgan fingerprint density at radius 1 is 0.838 bits per heavy atom. The number of rotatable bonds is 6. The van der Waals surface area contributed by atoms with E-state index in [1.54, 1.807) is 41.2 Å². The molecule has 2 aromatic carbocycles. The van der Waals surface area contributed by atoms with Crippen LogP contribution in [0.2, 0.25) is 0 Å². The predicted molar refractivity (Wildman–Crippen MR) is 133 cm³/mol. The van der Waals surface area contributed by atoms with Crippen LogP contribution in [0.1, 0.15) is 5.56 Å². The van der Waals surface area contributed by atoms with Gasteiger partial charge < -0.3 is 20.4 Å². The second kappa shape index (κ2) is 12.0. The maximum Gasteiger partial charge on any atom is 0.335 e. The Balaban J connectivity index is 0.000000325. The van der Waals surface area contributed by atoms with Crippen LogP contribution >= 0.6 is 0 Å². The number of aliphatic carboxylic acids is 2. The highest BCUT2D eigenvalue weighted by Crippen LogP contribution is 2.26. The van der Waals surface area contributed by atoms with Gasteiger partial charge in [0.2, 0.25) is 0 Å². The van der Waals surface area contributed by atoms with Crippen molar-refractivity contribution in [3.8, 4) is 34.1 Å². The third-order valence-electron chi connectivity index (χ3n) is 5.16. The van der Waals surface area contributed by atoms with Crippen molar-refractivity contribution < 1.29 is 30.0 Å². The first-order chi connectivity index (χ1) is 17.7. The summed E-state index contributed by atoms with van der Waals surface area (Å²) in [5.41, 5.74) is 3.71. The lowest BCUT2D eigenvalue weighted by Gasteiger charge is -2.13. The lowest BCUT2D eigenvalue weighted by atomic mass is 9.99. The molecule has 10 nitrogen and oxygen atoms in total. The summed E-state index contributed by atoms with van der Waals surface area (Å²) in [6, 6.07) is 26.2. The SMILES string of the molecule is N#Cc1ccccc1-c1cc(-c2ccccn2)cn(-c2ccccc2)c1=O.O=C(O)C(O)C(O)C(=O)O. The zero-order chi connectivity index (χ0) is 26.9. The Hall–Kier alpha value is -5.11. The highest BCUT2D eigenvalue weighted by Gasteiger charge is 2.29. The molecule has 0 aliphatic heterocycles. The van der Waals surface area contributed by atoms with E-state index >= 15 is 0 Å². The molecule has 4 N–H and O–H groups in total. The monoisotopic (exact) mass is 499 g/mol. The molecule has 0 amide bonds. The molecular formula is C27H21N3O7. The number of aliphatic hydroxyl groups is 2. The van der Waals surface area contributed by atoms with Gasteiger partial charge in [-0.25, -0.2) is 9.59 Å². The number of nitrogens with zero attached hydrogens (tertiary/aromatic N) is 3. The van der Waals surface area contributed by atoms with Gasteiger partial charge in [-0.3, -0.25) is 14.3 Å². The molecule has 37 heavy (non-hydrogen) atoms. The smallest absolute Gasteiger partial charge is 0.335 e. The van der Waals surface area contributed by atoms with E-state index in [9.17, 15) is 19.6 Å². The fourth-order valence-corrected chi connectivity index (χ4v) is 3.31. The van der Waals surface area contributed by atoms with Gasteiger partial charge in [-0.1, -0.05) is 42.5 Å². The van der Waals surface area contributed by atoms with E-state index in [0.29, 0.717) is 16.7 Å². The lowest BCUT2D eigenvalue weighted by Crippen LogP contribution is -2.39. The molecule has 0 radical (unpaired) electrons. The zero-order valence-electron chi connectivity index (χ0n) is 19.2. The van der Waals surface area contributed by atoms with E-state index in [-0.39, 0.29) is 5.56 Å². The summed E-state index contributed by atoms with van der Waals surface area (Å²) in [4.78, 5) is 37.2. The minimum atomic E-state index is -2.27. The Morgan fingerprint density at radius 2 is 1.43 bits per heavy atom. The second-order valence-corrected chi connectivity index (χ2v) is 7.59. The minimum Gasteiger partial charge on any atom is -0.479 e. The summed E-state index contributed by atoms with van der Waals surface area (Å²) >= 11 is 0. The van der Waals surface area contributed by atoms with Crippen molar-refractivity contribution in [1.29, 1.82) is 5.26 Å². The first-order valence-electron chi connectivity index (χ1n) is 10.8. The van der Waals surface area contributed by atoms with Crippen LogP contribution in [-0.2, 0) is 9.59 Å². The van der Waals surface area contributed by atoms with E-state index in [0.717, 1.165) is 16.9 Å². The quantitative estimate of drug-likeness (QED) is 0.310. The normalized spacial score (nSPS) is 11.8. The fraction of sp³-hybridized carbons (Fsp3) is 0.0741. The molecule has 0 saturated heterocycles. The highest BCUT2D eigenvalue weighted by molar-refractivity contribution is 5.83. The van der Waals surface area contributed by atoms with E-state index in [1.165, 1.54) is 0 Å². The Kier molecular flexibility index (Phi) is 8.62. The van der Waals surface area contributed by atoms with Crippen LogP contribution in [0.5, 0.6) is 0 Å². The molecule has 4 aromatic rings. The number of hydrogen-bond acceptors (Lipinski definition) is 7. The average molecular weight is 499 g/mol. The van der Waals surface area contributed by atoms with Crippen LogP contribution in [0.3, 0.4) is 0 Å². The van der Waals surface area contributed by atoms with Crippen molar-refractivity contribution >= 4 is 11.9 Å². The van der Waals surface area contributed by atoms with Gasteiger partial charge in [-0.05, 0) is 36.4 Å². The fourth-order valence-electron chi connectivity index (χ4n) is 3.31. The van der Waals surface area contributed by atoms with E-state index < -0.39 is 24.1 Å². The number of pyridine rings is 2. The van der Waals surface area contributed by atoms with E-state index in [1.807, 2.05) is 54.6 Å². The standard InChI is InChI=1S/C23H15N3O.C4H6O6/c24-15-17-8-4-5-11-20(17)21-14-18(22-12-6-7-13-25-22)16-26(23(21)27)19-9-2-1-3-10-19;5-1(3(7)8)2(6)4(9)10/h1-14,16H;1-2,5-6H,(H,7,8)(H,9,10). The molecule has 2 heterocycles. The summed E-state index contributed by atoms with van der Waals surface area (Å²) in [5, 5.41) is 42.0. The van der Waals surface area contributed by atoms with Gasteiger partial charge in [-0.2, -0.15) is 5.26 Å². The summed E-state index contributed by atoms with van der Waals surface area (Å²) in [6.45, 7) is 0. The molecule has 2 unspecified atom stereocenters. The lowest BCUT2D eigenvalue weighted by molar-refractivity contribution is -0.165. The Labute approximate surface area is 210 Å². The molecule has 0 aliphatic carbocycles. The largest absolute Gasteiger partial charge is 0.479 e. The van der Waals surface area contributed by atoms with Crippen LogP contribution in [0.15, 0.2) is 96.1 Å². The highest BCUT2D eigenvalue weighted by atomic mass is 16.4. The van der Waals surface area contributed by atoms with Crippen LogP contribution in [0, 0.1) is 11.3 Å². The molecule has 0 aliphatic rings. The van der Waals surface area contributed by atoms with Crippen molar-refractivity contribution in [3.05, 3.63) is 107 Å². The van der Waals surface area contributed by atoms with Crippen LogP contribution in [-0.4, -0.2) is 54.1 Å². The minimum absolute atomic E-state index is 0.177. The molecule has 0 saturated carbocycles. The number of nitriles is 1. The first kappa shape index (κ1) is 26.5. The number of carboxylic acid groups (broad SMARTS) is 2. The zero-order valence-corrected chi connectivity index (χ0v) is 19.2. The number of benzene rings is 2. The molecule has 2 atom stereocenters. The number of hydrogen-bond donors (Lipinski definition) is 4. The number of aliphatic hydroxyl groups excluding tert-OH is 2. The topological polar surface area (TPSA) is 174 Å².